The minimum Gasteiger partial charge on any atom is -0.487 e. The molecule has 0 saturated carbocycles. The lowest BCUT2D eigenvalue weighted by Crippen LogP contribution is -2.48. The van der Waals surface area contributed by atoms with Crippen LogP contribution in [0.15, 0.2) is 47.3 Å². The second-order valence-electron chi connectivity index (χ2n) is 9.00. The molecule has 3 amide bonds. The van der Waals surface area contributed by atoms with Gasteiger partial charge in [0.2, 0.25) is 0 Å². The average molecular weight is 533 g/mol. The molecule has 1 aliphatic heterocycles. The number of fused-ring (bicyclic) bond motifs is 1. The lowest BCUT2D eigenvalue weighted by Gasteiger charge is -2.25. The fraction of sp³-hybridized carbons (Fsp3) is 0.240. The topological polar surface area (TPSA) is 118 Å². The van der Waals surface area contributed by atoms with E-state index in [9.17, 15) is 28.3 Å². The first-order valence-electron chi connectivity index (χ1n) is 11.0. The first-order chi connectivity index (χ1) is 17.3. The summed E-state index contributed by atoms with van der Waals surface area (Å²) in [6.07, 6.45) is 0. The molecule has 0 spiro atoms. The summed E-state index contributed by atoms with van der Waals surface area (Å²) >= 11 is 6.29. The third-order valence-corrected chi connectivity index (χ3v) is 6.16. The van der Waals surface area contributed by atoms with Crippen LogP contribution in [0, 0.1) is 18.6 Å². The molecular formula is C25H23ClF2N4O5. The van der Waals surface area contributed by atoms with E-state index < -0.39 is 34.7 Å². The number of ether oxygens (including phenoxy) is 1. The molecule has 12 heteroatoms. The van der Waals surface area contributed by atoms with Crippen LogP contribution in [-0.2, 0) is 11.4 Å². The fourth-order valence-electron chi connectivity index (χ4n) is 3.98. The van der Waals surface area contributed by atoms with Crippen molar-refractivity contribution in [2.75, 3.05) is 16.5 Å². The molecule has 3 N–H and O–H groups in total. The van der Waals surface area contributed by atoms with Gasteiger partial charge in [-0.2, -0.15) is 0 Å². The Balaban J connectivity index is 1.71. The summed E-state index contributed by atoms with van der Waals surface area (Å²) in [4.78, 5) is 40.3. The number of carbonyl (C=O) groups is 2. The zero-order valence-corrected chi connectivity index (χ0v) is 20.8. The van der Waals surface area contributed by atoms with Gasteiger partial charge in [-0.15, -0.1) is 0 Å². The Bertz CT molecular complexity index is 1490. The first kappa shape index (κ1) is 26.1. The molecule has 1 aliphatic rings. The van der Waals surface area contributed by atoms with Crippen molar-refractivity contribution in [1.29, 1.82) is 0 Å². The van der Waals surface area contributed by atoms with Gasteiger partial charge in [-0.3, -0.25) is 24.0 Å². The van der Waals surface area contributed by atoms with Crippen LogP contribution in [0.25, 0.3) is 5.69 Å². The van der Waals surface area contributed by atoms with Crippen LogP contribution in [0.5, 0.6) is 5.75 Å². The molecule has 194 valence electrons. The highest BCUT2D eigenvalue weighted by Gasteiger charge is 2.38. The molecule has 0 atom stereocenters. The molecule has 4 rings (SSSR count). The van der Waals surface area contributed by atoms with E-state index in [0.29, 0.717) is 17.1 Å². The third kappa shape index (κ3) is 4.87. The second-order valence-corrected chi connectivity index (χ2v) is 9.38. The summed E-state index contributed by atoms with van der Waals surface area (Å²) in [6.45, 7) is 3.78. The maximum Gasteiger partial charge on any atom is 0.320 e. The number of benzene rings is 2. The molecule has 0 bridgehead atoms. The Morgan fingerprint density at radius 2 is 1.81 bits per heavy atom. The van der Waals surface area contributed by atoms with Gasteiger partial charge in [0.1, 0.15) is 41.3 Å². The average Bonchev–Trinajstić information content (AvgIpc) is 3.19. The molecule has 2 heterocycles. The van der Waals surface area contributed by atoms with E-state index in [1.54, 1.807) is 13.0 Å². The molecule has 3 aromatic rings. The number of hydrogen-bond acceptors (Lipinski definition) is 5. The number of nitrogens with zero attached hydrogens (tertiary/aromatic N) is 3. The molecular weight excluding hydrogens is 510 g/mol. The van der Waals surface area contributed by atoms with Gasteiger partial charge in [0, 0.05) is 23.4 Å². The lowest BCUT2D eigenvalue weighted by atomic mass is 10.1. The number of aryl methyl sites for hydroxylation is 1. The Kier molecular flexibility index (Phi) is 6.70. The minimum absolute atomic E-state index is 0.00557. The van der Waals surface area contributed by atoms with E-state index in [1.165, 1.54) is 47.6 Å². The number of carbonyl (C=O) groups excluding carboxylic acids is 2. The van der Waals surface area contributed by atoms with Gasteiger partial charge in [-0.1, -0.05) is 11.6 Å². The number of pyridine rings is 1. The van der Waals surface area contributed by atoms with Crippen molar-refractivity contribution in [3.8, 4) is 11.4 Å². The zero-order valence-electron chi connectivity index (χ0n) is 20.1. The number of aromatic nitrogens is 1. The molecule has 0 unspecified atom stereocenters. The normalized spacial score (nSPS) is 13.1. The predicted molar refractivity (Wildman–Crippen MR) is 133 cm³/mol. The number of urea groups is 1. The highest BCUT2D eigenvalue weighted by molar-refractivity contribution is 6.31. The van der Waals surface area contributed by atoms with E-state index in [1.807, 2.05) is 0 Å². The number of amides is 3. The van der Waals surface area contributed by atoms with Gasteiger partial charge in [0.15, 0.2) is 0 Å². The molecule has 2 aromatic carbocycles. The standard InChI is InChI=1S/C25H23ClF2N4O5/c1-13-8-20(37-11-14-4-5-15(27)9-17(14)28)21(26)22(33)32(13)16-6-7-18-19(10-16)31(24(29)35)12-30(18)23(34)25(2,3)36/h4-10,36H,11-12H2,1-3H3,(H2,29,35). The third-order valence-electron chi connectivity index (χ3n) is 5.81. The number of primary amides is 1. The highest BCUT2D eigenvalue weighted by atomic mass is 35.5. The van der Waals surface area contributed by atoms with E-state index in [4.69, 9.17) is 22.1 Å². The predicted octanol–water partition coefficient (Wildman–Crippen LogP) is 3.62. The van der Waals surface area contributed by atoms with Crippen molar-refractivity contribution in [2.45, 2.75) is 33.0 Å². The molecule has 1 aromatic heterocycles. The number of halogens is 3. The summed E-state index contributed by atoms with van der Waals surface area (Å²) in [5, 5.41) is 9.89. The van der Waals surface area contributed by atoms with Crippen LogP contribution in [0.2, 0.25) is 5.02 Å². The quantitative estimate of drug-likeness (QED) is 0.520. The van der Waals surface area contributed by atoms with Gasteiger partial charge in [-0.05, 0) is 51.1 Å². The van der Waals surface area contributed by atoms with Gasteiger partial charge in [-0.25, -0.2) is 13.6 Å². The second kappa shape index (κ2) is 9.49. The van der Waals surface area contributed by atoms with Crippen LogP contribution < -0.4 is 25.8 Å². The molecule has 0 aliphatic carbocycles. The van der Waals surface area contributed by atoms with E-state index in [-0.39, 0.29) is 35.3 Å². The Morgan fingerprint density at radius 1 is 1.11 bits per heavy atom. The Labute approximate surface area is 215 Å². The SMILES string of the molecule is Cc1cc(OCc2ccc(F)cc2F)c(Cl)c(=O)n1-c1ccc2c(c1)N(C(N)=O)CN2C(=O)C(C)(C)O. The van der Waals surface area contributed by atoms with Crippen LogP contribution >= 0.6 is 11.6 Å². The van der Waals surface area contributed by atoms with Crippen molar-refractivity contribution in [1.82, 2.24) is 4.57 Å². The van der Waals surface area contributed by atoms with Crippen molar-refractivity contribution in [3.05, 3.63) is 80.7 Å². The number of aliphatic hydroxyl groups is 1. The van der Waals surface area contributed by atoms with E-state index in [2.05, 4.69) is 0 Å². The van der Waals surface area contributed by atoms with Crippen LogP contribution in [-0.4, -0.2) is 33.9 Å². The van der Waals surface area contributed by atoms with E-state index in [0.717, 1.165) is 17.0 Å². The number of nitrogens with two attached hydrogens (primary N) is 1. The molecule has 37 heavy (non-hydrogen) atoms. The minimum atomic E-state index is -1.70. The summed E-state index contributed by atoms with van der Waals surface area (Å²) < 4.78 is 33.9. The summed E-state index contributed by atoms with van der Waals surface area (Å²) in [7, 11) is 0. The van der Waals surface area contributed by atoms with Gasteiger partial charge in [0.05, 0.1) is 17.1 Å². The summed E-state index contributed by atoms with van der Waals surface area (Å²) in [5.74, 6) is -2.16. The Morgan fingerprint density at radius 3 is 2.43 bits per heavy atom. The van der Waals surface area contributed by atoms with Crippen LogP contribution in [0.4, 0.5) is 25.0 Å². The van der Waals surface area contributed by atoms with Crippen molar-refractivity contribution in [3.63, 3.8) is 0 Å². The molecule has 0 radical (unpaired) electrons. The largest absolute Gasteiger partial charge is 0.487 e. The van der Waals surface area contributed by atoms with Gasteiger partial charge in [0.25, 0.3) is 11.5 Å². The van der Waals surface area contributed by atoms with Crippen molar-refractivity contribution >= 4 is 34.9 Å². The van der Waals surface area contributed by atoms with E-state index >= 15 is 0 Å². The highest BCUT2D eigenvalue weighted by Crippen LogP contribution is 2.39. The van der Waals surface area contributed by atoms with Gasteiger partial charge >= 0.3 is 6.03 Å². The lowest BCUT2D eigenvalue weighted by molar-refractivity contribution is -0.133. The summed E-state index contributed by atoms with van der Waals surface area (Å²) in [6, 6.07) is 8.27. The number of hydrogen-bond donors (Lipinski definition) is 2. The molecule has 9 nitrogen and oxygen atoms in total. The first-order valence-corrected chi connectivity index (χ1v) is 11.4. The Hall–Kier alpha value is -3.96. The maximum atomic E-state index is 13.9. The van der Waals surface area contributed by atoms with Crippen molar-refractivity contribution in [2.24, 2.45) is 5.73 Å². The van der Waals surface area contributed by atoms with Gasteiger partial charge < -0.3 is 15.6 Å². The molecule has 0 fully saturated rings. The number of anilines is 2. The fourth-order valence-corrected chi connectivity index (χ4v) is 4.18. The van der Waals surface area contributed by atoms with Crippen LogP contribution in [0.3, 0.4) is 0 Å². The zero-order chi connectivity index (χ0) is 27.2. The maximum absolute atomic E-state index is 13.9. The number of rotatable bonds is 5. The summed E-state index contributed by atoms with van der Waals surface area (Å²) in [5.41, 5.74) is 4.55. The molecule has 0 saturated heterocycles. The monoisotopic (exact) mass is 532 g/mol. The smallest absolute Gasteiger partial charge is 0.320 e. The van der Waals surface area contributed by atoms with Crippen LogP contribution in [0.1, 0.15) is 25.1 Å². The van der Waals surface area contributed by atoms with Crippen molar-refractivity contribution < 1.29 is 28.2 Å².